The molecule has 0 saturated carbocycles. The van der Waals surface area contributed by atoms with Gasteiger partial charge in [0, 0.05) is 23.8 Å². The zero-order valence-electron chi connectivity index (χ0n) is 20.0. The van der Waals surface area contributed by atoms with E-state index in [1.54, 1.807) is 0 Å². The number of nitrogens with zero attached hydrogens (tertiary/aromatic N) is 2. The van der Waals surface area contributed by atoms with Gasteiger partial charge in [-0.05, 0) is 45.9 Å². The highest BCUT2D eigenvalue weighted by Gasteiger charge is 2.36. The SMILES string of the molecule is CC(C)c1cccc(C(C)C)c1N1C=CN(c2c(C(C)C)cccc2C(C)C)B1N. The molecule has 0 aliphatic carbocycles. The van der Waals surface area contributed by atoms with Gasteiger partial charge in [0.25, 0.3) is 0 Å². The highest BCUT2D eigenvalue weighted by molar-refractivity contribution is 6.66. The van der Waals surface area contributed by atoms with E-state index in [9.17, 15) is 0 Å². The number of nitrogens with two attached hydrogens (primary N) is 1. The van der Waals surface area contributed by atoms with E-state index < -0.39 is 0 Å². The Morgan fingerprint density at radius 2 is 0.833 bits per heavy atom. The molecule has 1 aliphatic heterocycles. The molecule has 1 aliphatic rings. The summed E-state index contributed by atoms with van der Waals surface area (Å²) in [6.45, 7) is 18.1. The summed E-state index contributed by atoms with van der Waals surface area (Å²) in [5.74, 6) is 1.73. The lowest BCUT2D eigenvalue weighted by molar-refractivity contribution is 0.831. The van der Waals surface area contributed by atoms with Crippen LogP contribution in [0, 0.1) is 0 Å². The van der Waals surface area contributed by atoms with Gasteiger partial charge in [0.05, 0.1) is 0 Å². The highest BCUT2D eigenvalue weighted by Crippen LogP contribution is 2.41. The van der Waals surface area contributed by atoms with Crippen LogP contribution >= 0.6 is 0 Å². The molecule has 30 heavy (non-hydrogen) atoms. The van der Waals surface area contributed by atoms with Crippen LogP contribution < -0.4 is 15.3 Å². The van der Waals surface area contributed by atoms with Crippen molar-refractivity contribution >= 4 is 18.5 Å². The molecule has 2 N–H and O–H groups in total. The average Bonchev–Trinajstić information content (AvgIpc) is 3.07. The summed E-state index contributed by atoms with van der Waals surface area (Å²) in [4.78, 5) is 4.54. The first-order chi connectivity index (χ1) is 14.1. The normalized spacial score (nSPS) is 14.4. The molecule has 0 radical (unpaired) electrons. The van der Waals surface area contributed by atoms with Gasteiger partial charge in [-0.15, -0.1) is 0 Å². The highest BCUT2D eigenvalue weighted by atomic mass is 15.3. The molecule has 0 fully saturated rings. The summed E-state index contributed by atoms with van der Waals surface area (Å²) >= 11 is 0. The molecule has 0 spiro atoms. The molecule has 3 rings (SSSR count). The Morgan fingerprint density at radius 3 is 1.07 bits per heavy atom. The smallest absolute Gasteiger partial charge is 0.356 e. The first kappa shape index (κ1) is 22.5. The molecule has 0 aromatic heterocycles. The molecule has 4 heteroatoms. The molecule has 0 unspecified atom stereocenters. The average molecular weight is 403 g/mol. The maximum Gasteiger partial charge on any atom is 0.473 e. The fourth-order valence-corrected chi connectivity index (χ4v) is 4.49. The first-order valence-corrected chi connectivity index (χ1v) is 11.4. The second kappa shape index (κ2) is 8.89. The van der Waals surface area contributed by atoms with E-state index >= 15 is 0 Å². The molecule has 0 bridgehead atoms. The summed E-state index contributed by atoms with van der Waals surface area (Å²) in [7, 11) is -0.264. The fourth-order valence-electron chi connectivity index (χ4n) is 4.49. The van der Waals surface area contributed by atoms with Crippen LogP contribution in [0.5, 0.6) is 0 Å². The Kier molecular flexibility index (Phi) is 6.67. The van der Waals surface area contributed by atoms with Crippen molar-refractivity contribution in [3.05, 3.63) is 71.1 Å². The molecule has 3 nitrogen and oxygen atoms in total. The van der Waals surface area contributed by atoms with Crippen molar-refractivity contribution in [1.82, 2.24) is 0 Å². The Morgan fingerprint density at radius 1 is 0.567 bits per heavy atom. The van der Waals surface area contributed by atoms with Crippen LogP contribution in [0.3, 0.4) is 0 Å². The lowest BCUT2D eigenvalue weighted by Crippen LogP contribution is -2.53. The third-order valence-electron chi connectivity index (χ3n) is 6.16. The summed E-state index contributed by atoms with van der Waals surface area (Å²) in [5.41, 5.74) is 14.9. The van der Waals surface area contributed by atoms with Crippen molar-refractivity contribution in [2.75, 3.05) is 9.62 Å². The maximum atomic E-state index is 6.95. The monoisotopic (exact) mass is 403 g/mol. The molecule has 2 aromatic carbocycles. The minimum absolute atomic E-state index is 0.264. The topological polar surface area (TPSA) is 32.5 Å². The lowest BCUT2D eigenvalue weighted by Gasteiger charge is -2.33. The number of hydrogen-bond acceptors (Lipinski definition) is 3. The van der Waals surface area contributed by atoms with Crippen LogP contribution in [0.4, 0.5) is 11.4 Å². The minimum atomic E-state index is -0.264. The van der Waals surface area contributed by atoms with Crippen molar-refractivity contribution in [1.29, 1.82) is 0 Å². The summed E-state index contributed by atoms with van der Waals surface area (Å²) in [5, 5.41) is 0. The molecule has 1 heterocycles. The van der Waals surface area contributed by atoms with Gasteiger partial charge in [-0.3, -0.25) is 0 Å². The Bertz CT molecular complexity index is 788. The molecule has 0 amide bonds. The van der Waals surface area contributed by atoms with Crippen molar-refractivity contribution < 1.29 is 0 Å². The number of para-hydroxylation sites is 2. The number of hydrogen-bond donors (Lipinski definition) is 1. The number of rotatable bonds is 6. The van der Waals surface area contributed by atoms with Crippen LogP contribution in [0.2, 0.25) is 0 Å². The van der Waals surface area contributed by atoms with E-state index in [-0.39, 0.29) is 7.12 Å². The van der Waals surface area contributed by atoms with E-state index in [0.29, 0.717) is 23.7 Å². The molecule has 0 saturated heterocycles. The van der Waals surface area contributed by atoms with E-state index in [4.69, 9.17) is 5.64 Å². The van der Waals surface area contributed by atoms with Crippen LogP contribution in [0.25, 0.3) is 0 Å². The number of anilines is 2. The van der Waals surface area contributed by atoms with Gasteiger partial charge in [0.2, 0.25) is 0 Å². The molecule has 160 valence electrons. The van der Waals surface area contributed by atoms with Crippen molar-refractivity contribution in [3.63, 3.8) is 0 Å². The molecule has 2 aromatic rings. The summed E-state index contributed by atoms with van der Waals surface area (Å²) < 4.78 is 0. The van der Waals surface area contributed by atoms with Crippen molar-refractivity contribution in [3.8, 4) is 0 Å². The van der Waals surface area contributed by atoms with Crippen LogP contribution in [0.1, 0.15) is 101 Å². The van der Waals surface area contributed by atoms with Crippen molar-refractivity contribution in [2.45, 2.75) is 79.1 Å². The molecular formula is C26H38BN3. The summed E-state index contributed by atoms with van der Waals surface area (Å²) in [6, 6.07) is 13.4. The largest absolute Gasteiger partial charge is 0.473 e. The van der Waals surface area contributed by atoms with Gasteiger partial charge >= 0.3 is 7.12 Å². The number of benzene rings is 2. The van der Waals surface area contributed by atoms with Gasteiger partial charge in [-0.25, -0.2) is 0 Å². The second-order valence-electron chi connectivity index (χ2n) is 9.72. The van der Waals surface area contributed by atoms with Gasteiger partial charge < -0.3 is 15.3 Å². The zero-order valence-corrected chi connectivity index (χ0v) is 20.0. The zero-order chi connectivity index (χ0) is 22.2. The lowest BCUT2D eigenvalue weighted by atomic mass is 9.82. The summed E-state index contributed by atoms with van der Waals surface area (Å²) in [6.07, 6.45) is 4.33. The van der Waals surface area contributed by atoms with E-state index in [2.05, 4.69) is 114 Å². The first-order valence-electron chi connectivity index (χ1n) is 11.4. The predicted molar refractivity (Wildman–Crippen MR) is 133 cm³/mol. The van der Waals surface area contributed by atoms with E-state index in [1.807, 2.05) is 0 Å². The maximum absolute atomic E-state index is 6.95. The van der Waals surface area contributed by atoms with E-state index in [0.717, 1.165) is 0 Å². The molecular weight excluding hydrogens is 365 g/mol. The van der Waals surface area contributed by atoms with Gasteiger partial charge in [-0.1, -0.05) is 91.8 Å². The van der Waals surface area contributed by atoms with Crippen molar-refractivity contribution in [2.24, 2.45) is 5.64 Å². The van der Waals surface area contributed by atoms with Gasteiger partial charge in [0.1, 0.15) is 0 Å². The van der Waals surface area contributed by atoms with Crippen LogP contribution in [-0.2, 0) is 0 Å². The second-order valence-corrected chi connectivity index (χ2v) is 9.72. The third kappa shape index (κ3) is 4.03. The van der Waals surface area contributed by atoms with Gasteiger partial charge in [0.15, 0.2) is 0 Å². The Labute approximate surface area is 184 Å². The predicted octanol–water partition coefficient (Wildman–Crippen LogP) is 6.92. The fraction of sp³-hybridized carbons (Fsp3) is 0.462. The van der Waals surface area contributed by atoms with E-state index in [1.165, 1.54) is 33.6 Å². The quantitative estimate of drug-likeness (QED) is 0.531. The van der Waals surface area contributed by atoms with Gasteiger partial charge in [-0.2, -0.15) is 0 Å². The third-order valence-corrected chi connectivity index (χ3v) is 6.16. The standard InChI is InChI=1S/C26H38BN3/c1-17(2)21-11-9-12-22(18(3)4)25(21)29-15-16-30(27(29)28)26-23(19(5)6)13-10-14-24(26)20(7)8/h9-20H,28H2,1-8H3. The Hall–Kier alpha value is -2.20. The molecule has 0 atom stereocenters. The minimum Gasteiger partial charge on any atom is -0.356 e. The van der Waals surface area contributed by atoms with Crippen LogP contribution in [-0.4, -0.2) is 7.12 Å². The van der Waals surface area contributed by atoms with Crippen LogP contribution in [0.15, 0.2) is 48.8 Å². The Balaban J connectivity index is 2.12.